The zero-order valence-electron chi connectivity index (χ0n) is 10.6. The van der Waals surface area contributed by atoms with Crippen LogP contribution in [0.2, 0.25) is 0 Å². The largest absolute Gasteiger partial charge is 0.481 e. The number of aromatic nitrogens is 2. The van der Waals surface area contributed by atoms with Crippen LogP contribution in [0.4, 0.5) is 11.6 Å². The number of carbonyl (C=O) groups is 1. The Morgan fingerprint density at radius 2 is 2.05 bits per heavy atom. The van der Waals surface area contributed by atoms with Crippen LogP contribution in [0.5, 0.6) is 0 Å². The third-order valence-electron chi connectivity index (χ3n) is 3.34. The molecule has 2 heterocycles. The summed E-state index contributed by atoms with van der Waals surface area (Å²) in [7, 11) is 0. The van der Waals surface area contributed by atoms with E-state index in [-0.39, 0.29) is 18.2 Å². The molecule has 0 atom stereocenters. The molecule has 0 radical (unpaired) electrons. The number of ether oxygens (including phenoxy) is 1. The fourth-order valence-corrected chi connectivity index (χ4v) is 1.98. The van der Waals surface area contributed by atoms with Crippen LogP contribution in [0, 0.1) is 15.5 Å². The molecule has 0 spiro atoms. The molecule has 1 saturated heterocycles. The Kier molecular flexibility index (Phi) is 4.08. The SMILES string of the molecule is O=C(O)C1(CNc2ncc([N+](=O)[O-])cn2)CCOCC1. The van der Waals surface area contributed by atoms with Crippen LogP contribution in [0.3, 0.4) is 0 Å². The van der Waals surface area contributed by atoms with E-state index in [0.717, 1.165) is 12.4 Å². The molecule has 0 unspecified atom stereocenters. The lowest BCUT2D eigenvalue weighted by Crippen LogP contribution is -2.42. The second-order valence-electron chi connectivity index (χ2n) is 4.57. The van der Waals surface area contributed by atoms with Crippen molar-refractivity contribution in [2.75, 3.05) is 25.1 Å². The number of nitro groups is 1. The second-order valence-corrected chi connectivity index (χ2v) is 4.57. The summed E-state index contributed by atoms with van der Waals surface area (Å²) in [6.07, 6.45) is 2.96. The quantitative estimate of drug-likeness (QED) is 0.596. The van der Waals surface area contributed by atoms with E-state index in [9.17, 15) is 20.0 Å². The molecule has 0 saturated carbocycles. The van der Waals surface area contributed by atoms with E-state index in [2.05, 4.69) is 15.3 Å². The van der Waals surface area contributed by atoms with Crippen LogP contribution in [-0.2, 0) is 9.53 Å². The number of aliphatic carboxylic acids is 1. The van der Waals surface area contributed by atoms with Crippen molar-refractivity contribution in [2.24, 2.45) is 5.41 Å². The summed E-state index contributed by atoms with van der Waals surface area (Å²) in [5, 5.41) is 22.7. The molecule has 1 aliphatic heterocycles. The molecule has 0 bridgehead atoms. The van der Waals surface area contributed by atoms with Crippen LogP contribution >= 0.6 is 0 Å². The highest BCUT2D eigenvalue weighted by atomic mass is 16.6. The van der Waals surface area contributed by atoms with Crippen molar-refractivity contribution in [2.45, 2.75) is 12.8 Å². The van der Waals surface area contributed by atoms with Gasteiger partial charge in [0.05, 0.1) is 10.3 Å². The third-order valence-corrected chi connectivity index (χ3v) is 3.34. The minimum atomic E-state index is -0.913. The molecule has 2 rings (SSSR count). The molecule has 2 N–H and O–H groups in total. The molecule has 0 aromatic carbocycles. The highest BCUT2D eigenvalue weighted by molar-refractivity contribution is 5.75. The first-order chi connectivity index (χ1) is 9.53. The molecule has 1 aliphatic rings. The van der Waals surface area contributed by atoms with Gasteiger partial charge in [-0.15, -0.1) is 0 Å². The maximum atomic E-state index is 11.4. The first kappa shape index (κ1) is 14.1. The second kappa shape index (κ2) is 5.78. The van der Waals surface area contributed by atoms with Crippen LogP contribution in [0.25, 0.3) is 0 Å². The number of nitrogens with one attached hydrogen (secondary N) is 1. The van der Waals surface area contributed by atoms with Crippen LogP contribution in [0.15, 0.2) is 12.4 Å². The van der Waals surface area contributed by atoms with Crippen molar-refractivity contribution in [1.29, 1.82) is 0 Å². The standard InChI is InChI=1S/C11H14N4O5/c16-9(17)11(1-3-20-4-2-11)7-14-10-12-5-8(6-13-10)15(18)19/h5-6H,1-4,7H2,(H,16,17)(H,12,13,14). The number of carboxylic acid groups (broad SMARTS) is 1. The third kappa shape index (κ3) is 2.99. The summed E-state index contributed by atoms with van der Waals surface area (Å²) in [5.41, 5.74) is -1.13. The number of anilines is 1. The van der Waals surface area contributed by atoms with Crippen molar-refractivity contribution in [3.8, 4) is 0 Å². The Hall–Kier alpha value is -2.29. The molecule has 1 aromatic heterocycles. The summed E-state index contributed by atoms with van der Waals surface area (Å²) < 4.78 is 5.17. The van der Waals surface area contributed by atoms with Gasteiger partial charge in [0.15, 0.2) is 0 Å². The first-order valence-corrected chi connectivity index (χ1v) is 6.05. The minimum Gasteiger partial charge on any atom is -0.481 e. The Balaban J connectivity index is 2.02. The molecule has 108 valence electrons. The number of rotatable bonds is 5. The molecular weight excluding hydrogens is 268 g/mol. The molecule has 0 amide bonds. The normalized spacial score (nSPS) is 17.4. The predicted octanol–water partition coefficient (Wildman–Crippen LogP) is 0.678. The average Bonchev–Trinajstić information content (AvgIpc) is 2.46. The molecular formula is C11H14N4O5. The molecule has 1 fully saturated rings. The van der Waals surface area contributed by atoms with Gasteiger partial charge in [0.1, 0.15) is 12.4 Å². The molecule has 20 heavy (non-hydrogen) atoms. The van der Waals surface area contributed by atoms with Crippen molar-refractivity contribution in [3.05, 3.63) is 22.5 Å². The maximum Gasteiger partial charge on any atom is 0.311 e. The predicted molar refractivity (Wildman–Crippen MR) is 67.3 cm³/mol. The van der Waals surface area contributed by atoms with Crippen LogP contribution < -0.4 is 5.32 Å². The van der Waals surface area contributed by atoms with Gasteiger partial charge in [-0.05, 0) is 12.8 Å². The first-order valence-electron chi connectivity index (χ1n) is 6.05. The molecule has 9 heteroatoms. The number of nitrogens with zero attached hydrogens (tertiary/aromatic N) is 3. The number of carboxylic acids is 1. The fraction of sp³-hybridized carbons (Fsp3) is 0.545. The van der Waals surface area contributed by atoms with Gasteiger partial charge in [-0.25, -0.2) is 9.97 Å². The molecule has 1 aromatic rings. The zero-order valence-corrected chi connectivity index (χ0v) is 10.6. The van der Waals surface area contributed by atoms with E-state index in [1.54, 1.807) is 0 Å². The zero-order chi connectivity index (χ0) is 14.6. The van der Waals surface area contributed by atoms with Gasteiger partial charge in [0.2, 0.25) is 5.95 Å². The average molecular weight is 282 g/mol. The Morgan fingerprint density at radius 1 is 1.45 bits per heavy atom. The van der Waals surface area contributed by atoms with Crippen LogP contribution in [0.1, 0.15) is 12.8 Å². The van der Waals surface area contributed by atoms with Crippen LogP contribution in [-0.4, -0.2) is 45.7 Å². The topological polar surface area (TPSA) is 127 Å². The highest BCUT2D eigenvalue weighted by Crippen LogP contribution is 2.30. The van der Waals surface area contributed by atoms with Gasteiger partial charge >= 0.3 is 11.7 Å². The van der Waals surface area contributed by atoms with Crippen molar-refractivity contribution < 1.29 is 19.6 Å². The van der Waals surface area contributed by atoms with Gasteiger partial charge in [0, 0.05) is 19.8 Å². The summed E-state index contributed by atoms with van der Waals surface area (Å²) in [5.74, 6) is -0.724. The summed E-state index contributed by atoms with van der Waals surface area (Å²) >= 11 is 0. The summed E-state index contributed by atoms with van der Waals surface area (Å²) in [4.78, 5) is 28.9. The van der Waals surface area contributed by atoms with E-state index in [0.29, 0.717) is 26.1 Å². The summed E-state index contributed by atoms with van der Waals surface area (Å²) in [6.45, 7) is 0.952. The molecule has 0 aliphatic carbocycles. The van der Waals surface area contributed by atoms with Gasteiger partial charge < -0.3 is 15.2 Å². The lowest BCUT2D eigenvalue weighted by molar-refractivity contribution is -0.385. The summed E-state index contributed by atoms with van der Waals surface area (Å²) in [6, 6.07) is 0. The van der Waals surface area contributed by atoms with E-state index in [1.165, 1.54) is 0 Å². The van der Waals surface area contributed by atoms with E-state index in [1.807, 2.05) is 0 Å². The Morgan fingerprint density at radius 3 is 2.55 bits per heavy atom. The van der Waals surface area contributed by atoms with Gasteiger partial charge in [-0.3, -0.25) is 14.9 Å². The van der Waals surface area contributed by atoms with E-state index in [4.69, 9.17) is 4.74 Å². The minimum absolute atomic E-state index is 0.156. The Labute approximate surface area is 114 Å². The number of hydrogen-bond donors (Lipinski definition) is 2. The van der Waals surface area contributed by atoms with Gasteiger partial charge in [-0.2, -0.15) is 0 Å². The van der Waals surface area contributed by atoms with E-state index < -0.39 is 16.3 Å². The lowest BCUT2D eigenvalue weighted by atomic mass is 9.80. The number of hydrogen-bond acceptors (Lipinski definition) is 7. The van der Waals surface area contributed by atoms with Crippen molar-refractivity contribution in [1.82, 2.24) is 9.97 Å². The van der Waals surface area contributed by atoms with Gasteiger partial charge in [0.25, 0.3) is 0 Å². The highest BCUT2D eigenvalue weighted by Gasteiger charge is 2.40. The van der Waals surface area contributed by atoms with Crippen molar-refractivity contribution >= 4 is 17.6 Å². The lowest BCUT2D eigenvalue weighted by Gasteiger charge is -2.33. The van der Waals surface area contributed by atoms with E-state index >= 15 is 0 Å². The monoisotopic (exact) mass is 282 g/mol. The smallest absolute Gasteiger partial charge is 0.311 e. The molecule has 9 nitrogen and oxygen atoms in total. The van der Waals surface area contributed by atoms with Gasteiger partial charge in [-0.1, -0.05) is 0 Å². The fourth-order valence-electron chi connectivity index (χ4n) is 1.98. The van der Waals surface area contributed by atoms with Crippen molar-refractivity contribution in [3.63, 3.8) is 0 Å². The Bertz CT molecular complexity index is 498. The maximum absolute atomic E-state index is 11.4.